The second-order valence-electron chi connectivity index (χ2n) is 5.67. The summed E-state index contributed by atoms with van der Waals surface area (Å²) < 4.78 is 25.7. The van der Waals surface area contributed by atoms with Crippen LogP contribution < -0.4 is 5.32 Å². The number of hydrogen-bond donors (Lipinski definition) is 2. The highest BCUT2D eigenvalue weighted by Gasteiger charge is 2.24. The van der Waals surface area contributed by atoms with Gasteiger partial charge in [0.2, 0.25) is 0 Å². The molecule has 0 bridgehead atoms. The molecule has 0 saturated carbocycles. The number of rotatable bonds is 4. The lowest BCUT2D eigenvalue weighted by molar-refractivity contribution is 0.198. The van der Waals surface area contributed by atoms with E-state index in [2.05, 4.69) is 15.3 Å². The van der Waals surface area contributed by atoms with Gasteiger partial charge in [-0.1, -0.05) is 0 Å². The van der Waals surface area contributed by atoms with Gasteiger partial charge < -0.3 is 19.3 Å². The Labute approximate surface area is 141 Å². The van der Waals surface area contributed by atoms with Gasteiger partial charge in [0.15, 0.2) is 6.23 Å². The Bertz CT molecular complexity index is 1030. The number of nitrogens with zero attached hydrogens (tertiary/aromatic N) is 3. The van der Waals surface area contributed by atoms with Crippen LogP contribution in [0.25, 0.3) is 17.1 Å². The Kier molecular flexibility index (Phi) is 3.54. The molecule has 1 aromatic carbocycles. The number of hydrogen-bond acceptors (Lipinski definition) is 6. The minimum Gasteiger partial charge on any atom is -0.429 e. The average Bonchev–Trinajstić information content (AvgIpc) is 3.21. The van der Waals surface area contributed by atoms with Crippen molar-refractivity contribution in [1.82, 2.24) is 14.4 Å². The molecule has 128 valence electrons. The molecule has 7 nitrogen and oxygen atoms in total. The molecule has 0 fully saturated rings. The molecule has 3 aromatic heterocycles. The van der Waals surface area contributed by atoms with Crippen molar-refractivity contribution >= 4 is 11.9 Å². The third-order valence-electron chi connectivity index (χ3n) is 3.74. The van der Waals surface area contributed by atoms with Crippen LogP contribution in [0, 0.1) is 19.7 Å². The van der Waals surface area contributed by atoms with Crippen LogP contribution in [0.5, 0.6) is 0 Å². The van der Waals surface area contributed by atoms with Gasteiger partial charge in [0.25, 0.3) is 6.01 Å². The summed E-state index contributed by atoms with van der Waals surface area (Å²) in [6, 6.07) is 6.04. The maximum atomic E-state index is 13.2. The van der Waals surface area contributed by atoms with Crippen LogP contribution in [-0.4, -0.2) is 19.5 Å². The van der Waals surface area contributed by atoms with E-state index in [4.69, 9.17) is 8.83 Å². The smallest absolute Gasteiger partial charge is 0.306 e. The highest BCUT2D eigenvalue weighted by atomic mass is 19.1. The van der Waals surface area contributed by atoms with Gasteiger partial charge in [-0.25, -0.2) is 9.37 Å². The molecule has 8 heteroatoms. The Balaban J connectivity index is 1.81. The fraction of sp³-hybridized carbons (Fsp3) is 0.176. The van der Waals surface area contributed by atoms with Crippen molar-refractivity contribution in [1.29, 1.82) is 0 Å². The minimum atomic E-state index is -1.16. The maximum Gasteiger partial charge on any atom is 0.306 e. The molecule has 3 heterocycles. The summed E-state index contributed by atoms with van der Waals surface area (Å²) in [4.78, 5) is 8.45. The Morgan fingerprint density at radius 3 is 2.60 bits per heavy atom. The SMILES string of the molecule is Cc1cnc(NC(O)c2c(-c3ccc(F)cc3)nc3oc(C)cn23)o1. The summed E-state index contributed by atoms with van der Waals surface area (Å²) in [6.45, 7) is 3.54. The molecular weight excluding hydrogens is 327 g/mol. The number of anilines is 1. The molecule has 0 aliphatic rings. The summed E-state index contributed by atoms with van der Waals surface area (Å²) in [5, 5.41) is 13.5. The minimum absolute atomic E-state index is 0.185. The van der Waals surface area contributed by atoms with Crippen LogP contribution in [0.1, 0.15) is 23.4 Å². The predicted molar refractivity (Wildman–Crippen MR) is 87.4 cm³/mol. The van der Waals surface area contributed by atoms with Gasteiger partial charge in [0.05, 0.1) is 12.4 Å². The molecule has 0 radical (unpaired) electrons. The van der Waals surface area contributed by atoms with E-state index in [1.54, 1.807) is 42.8 Å². The zero-order valence-corrected chi connectivity index (χ0v) is 13.5. The summed E-state index contributed by atoms with van der Waals surface area (Å²) in [5.74, 6) is 1.24. The molecule has 0 aliphatic heterocycles. The largest absolute Gasteiger partial charge is 0.429 e. The predicted octanol–water partition coefficient (Wildman–Crippen LogP) is 3.44. The van der Waals surface area contributed by atoms with Crippen molar-refractivity contribution in [3.05, 3.63) is 59.7 Å². The van der Waals surface area contributed by atoms with E-state index in [0.29, 0.717) is 34.3 Å². The van der Waals surface area contributed by atoms with Gasteiger partial charge in [-0.3, -0.25) is 4.40 Å². The quantitative estimate of drug-likeness (QED) is 0.552. The zero-order valence-electron chi connectivity index (χ0n) is 13.5. The molecule has 0 saturated heterocycles. The first-order valence-corrected chi connectivity index (χ1v) is 7.62. The van der Waals surface area contributed by atoms with Crippen molar-refractivity contribution in [2.75, 3.05) is 5.32 Å². The molecule has 1 atom stereocenters. The fourth-order valence-corrected chi connectivity index (χ4v) is 2.66. The number of aromatic nitrogens is 3. The van der Waals surface area contributed by atoms with Crippen LogP contribution in [0.4, 0.5) is 10.4 Å². The standard InChI is InChI=1S/C17H15FN4O3/c1-9-7-19-16(24-9)21-15(23)14-13(11-3-5-12(18)6-4-11)20-17-22(14)8-10(2)25-17/h3-8,15,23H,1-2H3,(H,19,21). The fourth-order valence-electron chi connectivity index (χ4n) is 2.66. The van der Waals surface area contributed by atoms with E-state index in [1.165, 1.54) is 12.1 Å². The van der Waals surface area contributed by atoms with Gasteiger partial charge in [0.1, 0.15) is 28.7 Å². The summed E-state index contributed by atoms with van der Waals surface area (Å²) in [6.07, 6.45) is 2.10. The van der Waals surface area contributed by atoms with Crippen LogP contribution in [0.2, 0.25) is 0 Å². The highest BCUT2D eigenvalue weighted by molar-refractivity contribution is 5.66. The van der Waals surface area contributed by atoms with Gasteiger partial charge >= 0.3 is 5.84 Å². The van der Waals surface area contributed by atoms with Gasteiger partial charge in [-0.2, -0.15) is 4.98 Å². The van der Waals surface area contributed by atoms with E-state index in [0.717, 1.165) is 0 Å². The number of aryl methyl sites for hydroxylation is 2. The Morgan fingerprint density at radius 2 is 1.92 bits per heavy atom. The third-order valence-corrected chi connectivity index (χ3v) is 3.74. The molecule has 0 spiro atoms. The second-order valence-corrected chi connectivity index (χ2v) is 5.67. The number of benzene rings is 1. The van der Waals surface area contributed by atoms with Gasteiger partial charge in [-0.05, 0) is 38.1 Å². The van der Waals surface area contributed by atoms with Crippen LogP contribution >= 0.6 is 0 Å². The zero-order chi connectivity index (χ0) is 17.6. The average molecular weight is 342 g/mol. The first kappa shape index (κ1) is 15.4. The summed E-state index contributed by atoms with van der Waals surface area (Å²) >= 11 is 0. The normalized spacial score (nSPS) is 12.6. The maximum absolute atomic E-state index is 13.2. The number of aliphatic hydroxyl groups is 1. The lowest BCUT2D eigenvalue weighted by Crippen LogP contribution is -2.13. The van der Waals surface area contributed by atoms with E-state index < -0.39 is 6.23 Å². The van der Waals surface area contributed by atoms with Crippen LogP contribution in [0.3, 0.4) is 0 Å². The van der Waals surface area contributed by atoms with E-state index in [1.807, 2.05) is 0 Å². The first-order valence-electron chi connectivity index (χ1n) is 7.62. The van der Waals surface area contributed by atoms with Gasteiger partial charge in [0, 0.05) is 5.56 Å². The van der Waals surface area contributed by atoms with E-state index >= 15 is 0 Å². The topological polar surface area (TPSA) is 88.7 Å². The van der Waals surface area contributed by atoms with Crippen molar-refractivity contribution in [2.24, 2.45) is 0 Å². The number of imidazole rings is 1. The molecular formula is C17H15FN4O3. The molecule has 0 amide bonds. The third kappa shape index (κ3) is 2.76. The summed E-state index contributed by atoms with van der Waals surface area (Å²) in [7, 11) is 0. The van der Waals surface area contributed by atoms with E-state index in [9.17, 15) is 9.50 Å². The Morgan fingerprint density at radius 1 is 1.16 bits per heavy atom. The van der Waals surface area contributed by atoms with Crippen LogP contribution in [0.15, 0.2) is 45.5 Å². The van der Waals surface area contributed by atoms with E-state index in [-0.39, 0.29) is 11.8 Å². The molecule has 4 rings (SSSR count). The van der Waals surface area contributed by atoms with Gasteiger partial charge in [-0.15, -0.1) is 0 Å². The van der Waals surface area contributed by atoms with Crippen LogP contribution in [-0.2, 0) is 0 Å². The molecule has 2 N–H and O–H groups in total. The monoisotopic (exact) mass is 342 g/mol. The van der Waals surface area contributed by atoms with Crippen molar-refractivity contribution in [2.45, 2.75) is 20.1 Å². The van der Waals surface area contributed by atoms with Crippen molar-refractivity contribution < 1.29 is 18.3 Å². The molecule has 0 aliphatic carbocycles. The molecule has 25 heavy (non-hydrogen) atoms. The Hall–Kier alpha value is -3.13. The summed E-state index contributed by atoms with van der Waals surface area (Å²) in [5.41, 5.74) is 1.56. The molecule has 4 aromatic rings. The highest BCUT2D eigenvalue weighted by Crippen LogP contribution is 2.31. The first-order chi connectivity index (χ1) is 12.0. The van der Waals surface area contributed by atoms with Crippen molar-refractivity contribution in [3.63, 3.8) is 0 Å². The molecule has 1 unspecified atom stereocenters. The number of oxazole rings is 2. The number of fused-ring (bicyclic) bond motifs is 1. The lowest BCUT2D eigenvalue weighted by Gasteiger charge is -2.12. The number of aliphatic hydroxyl groups excluding tert-OH is 1. The number of nitrogens with one attached hydrogen (secondary N) is 1. The van der Waals surface area contributed by atoms with Crippen molar-refractivity contribution in [3.8, 4) is 11.3 Å². The number of halogens is 1. The lowest BCUT2D eigenvalue weighted by atomic mass is 10.1. The second kappa shape index (κ2) is 5.75.